The molecule has 0 bridgehead atoms. The van der Waals surface area contributed by atoms with E-state index in [2.05, 4.69) is 34.4 Å². The van der Waals surface area contributed by atoms with Crippen molar-refractivity contribution in [2.45, 2.75) is 38.8 Å². The van der Waals surface area contributed by atoms with Crippen LogP contribution in [0, 0.1) is 0 Å². The minimum atomic E-state index is 0.680. The van der Waals surface area contributed by atoms with Crippen molar-refractivity contribution >= 4 is 11.3 Å². The van der Waals surface area contributed by atoms with E-state index in [0.29, 0.717) is 11.2 Å². The maximum Gasteiger partial charge on any atom is 0.294 e. The van der Waals surface area contributed by atoms with E-state index in [9.17, 15) is 0 Å². The molecule has 6 heteroatoms. The van der Waals surface area contributed by atoms with Gasteiger partial charge in [-0.1, -0.05) is 18.3 Å². The summed E-state index contributed by atoms with van der Waals surface area (Å²) in [7, 11) is 2.19. The third-order valence-corrected chi connectivity index (χ3v) is 4.16. The lowest BCUT2D eigenvalue weighted by molar-refractivity contribution is 0.232. The van der Waals surface area contributed by atoms with Crippen LogP contribution in [0.4, 0.5) is 0 Å². The molecular weight excluding hydrogens is 248 g/mol. The van der Waals surface area contributed by atoms with Gasteiger partial charge in [-0.25, -0.2) is 0 Å². The molecule has 1 aliphatic rings. The average molecular weight is 270 g/mol. The highest BCUT2D eigenvalue weighted by molar-refractivity contribution is 7.13. The smallest absolute Gasteiger partial charge is 0.294 e. The molecule has 0 saturated carbocycles. The fraction of sp³-hybridized carbons (Fsp3) is 0.833. The van der Waals surface area contributed by atoms with Gasteiger partial charge in [-0.05, 0) is 39.4 Å². The highest BCUT2D eigenvalue weighted by Crippen LogP contribution is 2.20. The average Bonchev–Trinajstić information content (AvgIpc) is 2.97. The van der Waals surface area contributed by atoms with Crippen LogP contribution in [0.5, 0.6) is 5.19 Å². The number of nitrogens with one attached hydrogen (secondary N) is 1. The van der Waals surface area contributed by atoms with Crippen LogP contribution in [0.3, 0.4) is 0 Å². The Balaban J connectivity index is 1.68. The highest BCUT2D eigenvalue weighted by Gasteiger charge is 2.20. The standard InChI is InChI=1S/C12H22N4OS/c1-3-13-9-11-14-15-12(18-11)17-8-6-10-5-4-7-16(10)2/h10,13H,3-9H2,1-2H3. The predicted molar refractivity (Wildman–Crippen MR) is 73.1 cm³/mol. The van der Waals surface area contributed by atoms with Gasteiger partial charge in [-0.2, -0.15) is 0 Å². The first-order valence-electron chi connectivity index (χ1n) is 6.65. The molecule has 0 amide bonds. The lowest BCUT2D eigenvalue weighted by Crippen LogP contribution is -2.26. The van der Waals surface area contributed by atoms with Crippen LogP contribution >= 0.6 is 11.3 Å². The summed E-state index contributed by atoms with van der Waals surface area (Å²) in [5.74, 6) is 0. The fourth-order valence-electron chi connectivity index (χ4n) is 2.23. The Morgan fingerprint density at radius 1 is 1.50 bits per heavy atom. The molecule has 2 heterocycles. The molecule has 102 valence electrons. The highest BCUT2D eigenvalue weighted by atomic mass is 32.1. The zero-order chi connectivity index (χ0) is 12.8. The quantitative estimate of drug-likeness (QED) is 0.814. The second-order valence-electron chi connectivity index (χ2n) is 4.66. The number of hydrogen-bond acceptors (Lipinski definition) is 6. The van der Waals surface area contributed by atoms with E-state index in [1.165, 1.54) is 30.7 Å². The molecule has 1 N–H and O–H groups in total. The van der Waals surface area contributed by atoms with Crippen molar-refractivity contribution in [3.05, 3.63) is 5.01 Å². The molecule has 5 nitrogen and oxygen atoms in total. The molecule has 1 aliphatic heterocycles. The Kier molecular flexibility index (Phi) is 5.34. The molecule has 18 heavy (non-hydrogen) atoms. The Morgan fingerprint density at radius 3 is 3.11 bits per heavy atom. The summed E-state index contributed by atoms with van der Waals surface area (Å²) in [6.45, 7) is 5.77. The van der Waals surface area contributed by atoms with E-state index >= 15 is 0 Å². The Morgan fingerprint density at radius 2 is 2.39 bits per heavy atom. The molecular formula is C12H22N4OS. The molecule has 1 aromatic rings. The lowest BCUT2D eigenvalue weighted by atomic mass is 10.2. The second kappa shape index (κ2) is 7.01. The van der Waals surface area contributed by atoms with Crippen LogP contribution in [0.1, 0.15) is 31.2 Å². The van der Waals surface area contributed by atoms with Crippen molar-refractivity contribution < 1.29 is 4.74 Å². The van der Waals surface area contributed by atoms with Crippen molar-refractivity contribution in [3.8, 4) is 5.19 Å². The monoisotopic (exact) mass is 270 g/mol. The normalized spacial score (nSPS) is 20.4. The topological polar surface area (TPSA) is 50.3 Å². The predicted octanol–water partition coefficient (Wildman–Crippen LogP) is 1.51. The van der Waals surface area contributed by atoms with Crippen LogP contribution in [0.15, 0.2) is 0 Å². The van der Waals surface area contributed by atoms with E-state index in [-0.39, 0.29) is 0 Å². The third-order valence-electron chi connectivity index (χ3n) is 3.32. The van der Waals surface area contributed by atoms with Crippen LogP contribution in [0.25, 0.3) is 0 Å². The minimum absolute atomic E-state index is 0.680. The number of rotatable bonds is 7. The van der Waals surface area contributed by atoms with Crippen LogP contribution in [-0.4, -0.2) is 47.9 Å². The molecule has 1 unspecified atom stereocenters. The van der Waals surface area contributed by atoms with Gasteiger partial charge in [-0.3, -0.25) is 0 Å². The summed E-state index contributed by atoms with van der Waals surface area (Å²) in [5.41, 5.74) is 0. The van der Waals surface area contributed by atoms with Gasteiger partial charge in [-0.15, -0.1) is 10.2 Å². The van der Waals surface area contributed by atoms with Crippen molar-refractivity contribution in [1.82, 2.24) is 20.4 Å². The van der Waals surface area contributed by atoms with Crippen LogP contribution < -0.4 is 10.1 Å². The number of aromatic nitrogens is 2. The van der Waals surface area contributed by atoms with Gasteiger partial charge in [0.15, 0.2) is 0 Å². The maximum atomic E-state index is 5.67. The Labute approximate surface area is 113 Å². The summed E-state index contributed by atoms with van der Waals surface area (Å²) >= 11 is 1.54. The maximum absolute atomic E-state index is 5.67. The third kappa shape index (κ3) is 3.90. The first-order valence-corrected chi connectivity index (χ1v) is 7.47. The SMILES string of the molecule is CCNCc1nnc(OCCC2CCCN2C)s1. The van der Waals surface area contributed by atoms with E-state index in [1.807, 2.05) is 0 Å². The van der Waals surface area contributed by atoms with Gasteiger partial charge in [0.25, 0.3) is 5.19 Å². The lowest BCUT2D eigenvalue weighted by Gasteiger charge is -2.18. The van der Waals surface area contributed by atoms with E-state index in [0.717, 1.165) is 31.1 Å². The van der Waals surface area contributed by atoms with E-state index < -0.39 is 0 Å². The van der Waals surface area contributed by atoms with Crippen molar-refractivity contribution in [2.75, 3.05) is 26.7 Å². The van der Waals surface area contributed by atoms with Crippen molar-refractivity contribution in [1.29, 1.82) is 0 Å². The molecule has 0 radical (unpaired) electrons. The zero-order valence-corrected chi connectivity index (χ0v) is 12.0. The summed E-state index contributed by atoms with van der Waals surface area (Å²) in [5, 5.41) is 13.1. The van der Waals surface area contributed by atoms with Crippen molar-refractivity contribution in [2.24, 2.45) is 0 Å². The van der Waals surface area contributed by atoms with Crippen molar-refractivity contribution in [3.63, 3.8) is 0 Å². The van der Waals surface area contributed by atoms with Gasteiger partial charge in [0.1, 0.15) is 5.01 Å². The first-order chi connectivity index (χ1) is 8.79. The van der Waals surface area contributed by atoms with Gasteiger partial charge >= 0.3 is 0 Å². The van der Waals surface area contributed by atoms with Crippen LogP contribution in [0.2, 0.25) is 0 Å². The van der Waals surface area contributed by atoms with Gasteiger partial charge in [0, 0.05) is 12.6 Å². The molecule has 1 saturated heterocycles. The fourth-order valence-corrected chi connectivity index (χ4v) is 2.91. The minimum Gasteiger partial charge on any atom is -0.469 e. The van der Waals surface area contributed by atoms with Gasteiger partial charge < -0.3 is 15.0 Å². The number of ether oxygens (including phenoxy) is 1. The number of nitrogens with zero attached hydrogens (tertiary/aromatic N) is 3. The summed E-state index contributed by atoms with van der Waals surface area (Å²) in [6, 6.07) is 0.680. The molecule has 2 rings (SSSR count). The molecule has 1 atom stereocenters. The molecule has 1 fully saturated rings. The second-order valence-corrected chi connectivity index (χ2v) is 5.68. The van der Waals surface area contributed by atoms with Gasteiger partial charge in [0.2, 0.25) is 0 Å². The molecule has 1 aromatic heterocycles. The Bertz CT molecular complexity index is 358. The number of likely N-dealkylation sites (tertiary alicyclic amines) is 1. The van der Waals surface area contributed by atoms with E-state index in [1.54, 1.807) is 0 Å². The summed E-state index contributed by atoms with van der Waals surface area (Å²) < 4.78 is 5.67. The largest absolute Gasteiger partial charge is 0.469 e. The number of hydrogen-bond donors (Lipinski definition) is 1. The summed E-state index contributed by atoms with van der Waals surface area (Å²) in [6.07, 6.45) is 3.69. The molecule has 0 spiro atoms. The summed E-state index contributed by atoms with van der Waals surface area (Å²) in [4.78, 5) is 2.42. The van der Waals surface area contributed by atoms with Gasteiger partial charge in [0.05, 0.1) is 6.61 Å². The zero-order valence-electron chi connectivity index (χ0n) is 11.2. The molecule has 0 aromatic carbocycles. The van der Waals surface area contributed by atoms with Crippen LogP contribution in [-0.2, 0) is 6.54 Å². The van der Waals surface area contributed by atoms with E-state index in [4.69, 9.17) is 4.74 Å². The first kappa shape index (κ1) is 13.7. The molecule has 0 aliphatic carbocycles. The Hall–Kier alpha value is -0.720.